The summed E-state index contributed by atoms with van der Waals surface area (Å²) in [7, 11) is 3.43. The Balaban J connectivity index is 1.62. The van der Waals surface area contributed by atoms with Crippen molar-refractivity contribution in [3.05, 3.63) is 65.5 Å². The average Bonchev–Trinajstić information content (AvgIpc) is 2.85. The molecule has 2 aromatic carbocycles. The van der Waals surface area contributed by atoms with Crippen LogP contribution in [0.15, 0.2) is 48.8 Å². The number of halogens is 3. The Morgan fingerprint density at radius 1 is 1.06 bits per heavy atom. The number of rotatable bonds is 6. The average molecular weight is 501 g/mol. The Kier molecular flexibility index (Phi) is 7.41. The van der Waals surface area contributed by atoms with Crippen LogP contribution in [0.5, 0.6) is 5.75 Å². The third kappa shape index (κ3) is 6.10. The van der Waals surface area contributed by atoms with Gasteiger partial charge in [0.25, 0.3) is 5.91 Å². The van der Waals surface area contributed by atoms with Crippen LogP contribution >= 0.6 is 0 Å². The zero-order valence-corrected chi connectivity index (χ0v) is 20.0. The SMILES string of the molecule is COc1ccc(-c2cnc(N)nc2)cc1C(=O)Nc1cc(CN2CCN(C)CC2)cc(C(F)(F)F)c1. The molecule has 0 spiro atoms. The molecule has 1 aliphatic rings. The summed E-state index contributed by atoms with van der Waals surface area (Å²) in [5.74, 6) is -0.214. The fraction of sp³-hybridized carbons (Fsp3) is 0.320. The molecule has 0 unspecified atom stereocenters. The van der Waals surface area contributed by atoms with E-state index >= 15 is 0 Å². The number of nitrogens with zero attached hydrogens (tertiary/aromatic N) is 4. The Morgan fingerprint density at radius 2 is 1.75 bits per heavy atom. The lowest BCUT2D eigenvalue weighted by atomic mass is 10.0. The first-order valence-corrected chi connectivity index (χ1v) is 11.3. The van der Waals surface area contributed by atoms with Crippen molar-refractivity contribution in [3.63, 3.8) is 0 Å². The van der Waals surface area contributed by atoms with Crippen molar-refractivity contribution in [1.29, 1.82) is 0 Å². The minimum Gasteiger partial charge on any atom is -0.496 e. The maximum atomic E-state index is 13.7. The first-order valence-electron chi connectivity index (χ1n) is 11.3. The van der Waals surface area contributed by atoms with Crippen molar-refractivity contribution in [2.75, 3.05) is 51.4 Å². The molecule has 0 bridgehead atoms. The molecule has 0 aliphatic carbocycles. The van der Waals surface area contributed by atoms with Gasteiger partial charge in [-0.1, -0.05) is 6.07 Å². The van der Waals surface area contributed by atoms with Gasteiger partial charge in [-0.2, -0.15) is 13.2 Å². The van der Waals surface area contributed by atoms with E-state index in [1.807, 2.05) is 7.05 Å². The second-order valence-corrected chi connectivity index (χ2v) is 8.69. The third-order valence-electron chi connectivity index (χ3n) is 6.03. The number of alkyl halides is 3. The molecule has 8 nitrogen and oxygen atoms in total. The number of hydrogen-bond donors (Lipinski definition) is 2. The predicted molar refractivity (Wildman–Crippen MR) is 131 cm³/mol. The maximum absolute atomic E-state index is 13.7. The molecule has 11 heteroatoms. The number of hydrogen-bond acceptors (Lipinski definition) is 7. The van der Waals surface area contributed by atoms with Crippen LogP contribution in [0, 0.1) is 0 Å². The summed E-state index contributed by atoms with van der Waals surface area (Å²) in [4.78, 5) is 25.4. The van der Waals surface area contributed by atoms with Crippen LogP contribution in [0.4, 0.5) is 24.8 Å². The molecule has 0 saturated carbocycles. The number of ether oxygens (including phenoxy) is 1. The quantitative estimate of drug-likeness (QED) is 0.532. The van der Waals surface area contributed by atoms with Crippen molar-refractivity contribution in [2.24, 2.45) is 0 Å². The van der Waals surface area contributed by atoms with Gasteiger partial charge >= 0.3 is 6.18 Å². The van der Waals surface area contributed by atoms with Crippen LogP contribution in [0.1, 0.15) is 21.5 Å². The number of nitrogen functional groups attached to an aromatic ring is 1. The van der Waals surface area contributed by atoms with E-state index in [9.17, 15) is 18.0 Å². The topological polar surface area (TPSA) is 96.6 Å². The molecule has 0 radical (unpaired) electrons. The number of benzene rings is 2. The van der Waals surface area contributed by atoms with Gasteiger partial charge in [0.2, 0.25) is 5.95 Å². The van der Waals surface area contributed by atoms with Crippen molar-refractivity contribution >= 4 is 17.5 Å². The highest BCUT2D eigenvalue weighted by Gasteiger charge is 2.32. The second kappa shape index (κ2) is 10.5. The van der Waals surface area contributed by atoms with Gasteiger partial charge in [-0.25, -0.2) is 9.97 Å². The van der Waals surface area contributed by atoms with Crippen molar-refractivity contribution in [1.82, 2.24) is 19.8 Å². The van der Waals surface area contributed by atoms with E-state index in [-0.39, 0.29) is 22.9 Å². The molecular weight excluding hydrogens is 473 g/mol. The molecule has 4 rings (SSSR count). The van der Waals surface area contributed by atoms with E-state index in [0.717, 1.165) is 38.3 Å². The minimum absolute atomic E-state index is 0.0576. The number of piperazine rings is 1. The van der Waals surface area contributed by atoms with Gasteiger partial charge in [0.1, 0.15) is 5.75 Å². The van der Waals surface area contributed by atoms with Crippen LogP contribution in [-0.2, 0) is 12.7 Å². The lowest BCUT2D eigenvalue weighted by molar-refractivity contribution is -0.137. The highest BCUT2D eigenvalue weighted by molar-refractivity contribution is 6.07. The number of anilines is 2. The Bertz CT molecular complexity index is 1230. The molecule has 1 aromatic heterocycles. The molecule has 1 fully saturated rings. The number of carbonyl (C=O) groups excluding carboxylic acids is 1. The molecule has 2 heterocycles. The van der Waals surface area contributed by atoms with Gasteiger partial charge in [-0.15, -0.1) is 0 Å². The van der Waals surface area contributed by atoms with Crippen LogP contribution in [-0.4, -0.2) is 66.0 Å². The van der Waals surface area contributed by atoms with Gasteiger partial charge in [0.15, 0.2) is 0 Å². The van der Waals surface area contributed by atoms with E-state index < -0.39 is 17.6 Å². The number of nitrogens with two attached hydrogens (primary N) is 1. The Hall–Kier alpha value is -3.70. The number of likely N-dealkylation sites (N-methyl/N-ethyl adjacent to an activating group) is 1. The molecule has 0 atom stereocenters. The highest BCUT2D eigenvalue weighted by atomic mass is 19.4. The van der Waals surface area contributed by atoms with E-state index in [0.29, 0.717) is 23.2 Å². The van der Waals surface area contributed by atoms with Gasteiger partial charge in [-0.3, -0.25) is 9.69 Å². The van der Waals surface area contributed by atoms with Crippen LogP contribution in [0.3, 0.4) is 0 Å². The van der Waals surface area contributed by atoms with E-state index in [1.165, 1.54) is 19.5 Å². The number of aromatic nitrogens is 2. The molecule has 36 heavy (non-hydrogen) atoms. The number of carbonyl (C=O) groups is 1. The van der Waals surface area contributed by atoms with E-state index in [4.69, 9.17) is 10.5 Å². The van der Waals surface area contributed by atoms with E-state index in [2.05, 4.69) is 25.1 Å². The summed E-state index contributed by atoms with van der Waals surface area (Å²) in [5.41, 5.74) is 6.66. The zero-order chi connectivity index (χ0) is 25.9. The summed E-state index contributed by atoms with van der Waals surface area (Å²) < 4.78 is 46.3. The standard InChI is InChI=1S/C25H27F3N6O2/c1-33-5-7-34(8-6-33)15-16-9-19(25(26,27)28)12-20(10-16)32-23(35)21-11-17(3-4-22(21)36-2)18-13-30-24(29)31-14-18/h3-4,9-14H,5-8,15H2,1-2H3,(H,32,35)(H2,29,30,31). The fourth-order valence-electron chi connectivity index (χ4n) is 4.03. The molecular formula is C25H27F3N6O2. The highest BCUT2D eigenvalue weighted by Crippen LogP contribution is 2.33. The van der Waals surface area contributed by atoms with Gasteiger partial charge in [0, 0.05) is 56.4 Å². The molecule has 190 valence electrons. The summed E-state index contributed by atoms with van der Waals surface area (Å²) in [6.07, 6.45) is -1.52. The van der Waals surface area contributed by atoms with Gasteiger partial charge in [-0.05, 0) is 48.5 Å². The van der Waals surface area contributed by atoms with Crippen LogP contribution in [0.2, 0.25) is 0 Å². The van der Waals surface area contributed by atoms with Crippen LogP contribution < -0.4 is 15.8 Å². The normalized spacial score (nSPS) is 15.0. The first kappa shape index (κ1) is 25.4. The third-order valence-corrected chi connectivity index (χ3v) is 6.03. The number of amides is 1. The second-order valence-electron chi connectivity index (χ2n) is 8.69. The summed E-state index contributed by atoms with van der Waals surface area (Å²) in [5, 5.41) is 2.62. The smallest absolute Gasteiger partial charge is 0.416 e. The van der Waals surface area contributed by atoms with Crippen molar-refractivity contribution < 1.29 is 22.7 Å². The number of methoxy groups -OCH3 is 1. The maximum Gasteiger partial charge on any atom is 0.416 e. The summed E-state index contributed by atoms with van der Waals surface area (Å²) >= 11 is 0. The lowest BCUT2D eigenvalue weighted by Gasteiger charge is -2.32. The summed E-state index contributed by atoms with van der Waals surface area (Å²) in [6, 6.07) is 8.55. The fourth-order valence-corrected chi connectivity index (χ4v) is 4.03. The molecule has 3 aromatic rings. The monoisotopic (exact) mass is 500 g/mol. The zero-order valence-electron chi connectivity index (χ0n) is 20.0. The minimum atomic E-state index is -4.55. The molecule has 1 saturated heterocycles. The Labute approximate surface area is 206 Å². The van der Waals surface area contributed by atoms with Crippen molar-refractivity contribution in [3.8, 4) is 16.9 Å². The predicted octanol–water partition coefficient (Wildman–Crippen LogP) is 3.75. The Morgan fingerprint density at radius 3 is 2.39 bits per heavy atom. The molecule has 1 aliphatic heterocycles. The molecule has 3 N–H and O–H groups in total. The van der Waals surface area contributed by atoms with Gasteiger partial charge < -0.3 is 20.7 Å². The van der Waals surface area contributed by atoms with Crippen molar-refractivity contribution in [2.45, 2.75) is 12.7 Å². The largest absolute Gasteiger partial charge is 0.496 e. The van der Waals surface area contributed by atoms with E-state index in [1.54, 1.807) is 24.3 Å². The molecule has 1 amide bonds. The first-order chi connectivity index (χ1) is 17.1. The van der Waals surface area contributed by atoms with Crippen LogP contribution in [0.25, 0.3) is 11.1 Å². The lowest BCUT2D eigenvalue weighted by Crippen LogP contribution is -2.43. The summed E-state index contributed by atoms with van der Waals surface area (Å²) in [6.45, 7) is 3.56. The number of nitrogens with one attached hydrogen (secondary N) is 1. The van der Waals surface area contributed by atoms with Gasteiger partial charge in [0.05, 0.1) is 18.2 Å².